The molecule has 3 rings (SSSR count). The Morgan fingerprint density at radius 2 is 1.39 bits per heavy atom. The summed E-state index contributed by atoms with van der Waals surface area (Å²) in [6.07, 6.45) is 0. The van der Waals surface area contributed by atoms with Gasteiger partial charge in [0.05, 0.1) is 23.9 Å². The standard InChI is InChI=1S/C20H13N3/c1-22-19-13-12-16(15-21)14-20(19)23(17-8-4-2-5-9-17)18-10-6-3-7-11-18/h2-14H. The van der Waals surface area contributed by atoms with Crippen LogP contribution >= 0.6 is 0 Å². The van der Waals surface area contributed by atoms with Gasteiger partial charge in [0, 0.05) is 11.4 Å². The second-order valence-electron chi connectivity index (χ2n) is 4.93. The summed E-state index contributed by atoms with van der Waals surface area (Å²) in [6, 6.07) is 26.9. The highest BCUT2D eigenvalue weighted by atomic mass is 15.2. The molecule has 0 bridgehead atoms. The first-order valence-corrected chi connectivity index (χ1v) is 7.15. The van der Waals surface area contributed by atoms with E-state index in [1.807, 2.05) is 65.6 Å². The molecule has 3 heteroatoms. The molecule has 0 N–H and O–H groups in total. The van der Waals surface area contributed by atoms with Crippen molar-refractivity contribution in [1.29, 1.82) is 5.26 Å². The van der Waals surface area contributed by atoms with Crippen LogP contribution in [-0.4, -0.2) is 0 Å². The largest absolute Gasteiger partial charge is 0.320 e. The number of nitrogens with zero attached hydrogens (tertiary/aromatic N) is 3. The zero-order chi connectivity index (χ0) is 16.1. The van der Waals surface area contributed by atoms with Gasteiger partial charge in [0.15, 0.2) is 0 Å². The predicted octanol–water partition coefficient (Wildman–Crippen LogP) is 5.58. The molecule has 0 unspecified atom stereocenters. The Morgan fingerprint density at radius 3 is 1.87 bits per heavy atom. The Balaban J connectivity index is 2.26. The molecular weight excluding hydrogens is 282 g/mol. The zero-order valence-corrected chi connectivity index (χ0v) is 12.3. The van der Waals surface area contributed by atoms with E-state index in [0.717, 1.165) is 11.4 Å². The fourth-order valence-electron chi connectivity index (χ4n) is 2.45. The van der Waals surface area contributed by atoms with Crippen LogP contribution in [0.3, 0.4) is 0 Å². The van der Waals surface area contributed by atoms with Gasteiger partial charge >= 0.3 is 0 Å². The third kappa shape index (κ3) is 2.90. The second kappa shape index (κ2) is 6.47. The van der Waals surface area contributed by atoms with Gasteiger partial charge in [0.2, 0.25) is 5.69 Å². The summed E-state index contributed by atoms with van der Waals surface area (Å²) in [5.74, 6) is 0. The van der Waals surface area contributed by atoms with Crippen molar-refractivity contribution in [3.63, 3.8) is 0 Å². The van der Waals surface area contributed by atoms with Crippen molar-refractivity contribution in [2.75, 3.05) is 4.90 Å². The van der Waals surface area contributed by atoms with Crippen LogP contribution in [0.25, 0.3) is 4.85 Å². The fourth-order valence-corrected chi connectivity index (χ4v) is 2.45. The summed E-state index contributed by atoms with van der Waals surface area (Å²) < 4.78 is 0. The number of rotatable bonds is 3. The Kier molecular flexibility index (Phi) is 4.05. The first kappa shape index (κ1) is 14.4. The van der Waals surface area contributed by atoms with Crippen molar-refractivity contribution in [2.45, 2.75) is 0 Å². The second-order valence-corrected chi connectivity index (χ2v) is 4.93. The smallest absolute Gasteiger partial charge is 0.210 e. The zero-order valence-electron chi connectivity index (χ0n) is 12.3. The molecular formula is C20H13N3. The van der Waals surface area contributed by atoms with Gasteiger partial charge in [-0.05, 0) is 30.3 Å². The van der Waals surface area contributed by atoms with Gasteiger partial charge in [0.1, 0.15) is 0 Å². The molecule has 0 radical (unpaired) electrons. The molecule has 108 valence electrons. The number of benzene rings is 3. The van der Waals surface area contributed by atoms with Crippen LogP contribution in [0, 0.1) is 17.9 Å². The van der Waals surface area contributed by atoms with E-state index >= 15 is 0 Å². The molecule has 3 nitrogen and oxygen atoms in total. The molecule has 0 aliphatic heterocycles. The van der Waals surface area contributed by atoms with Gasteiger partial charge in [-0.1, -0.05) is 48.5 Å². The number of hydrogen-bond donors (Lipinski definition) is 0. The molecule has 0 fully saturated rings. The van der Waals surface area contributed by atoms with Gasteiger partial charge in [-0.3, -0.25) is 0 Å². The molecule has 23 heavy (non-hydrogen) atoms. The van der Waals surface area contributed by atoms with E-state index in [0.29, 0.717) is 16.9 Å². The van der Waals surface area contributed by atoms with Crippen LogP contribution in [0.15, 0.2) is 78.9 Å². The minimum Gasteiger partial charge on any atom is -0.320 e. The van der Waals surface area contributed by atoms with E-state index < -0.39 is 0 Å². The molecule has 0 aliphatic rings. The monoisotopic (exact) mass is 295 g/mol. The molecule has 0 heterocycles. The number of anilines is 3. The third-order valence-corrected chi connectivity index (χ3v) is 3.49. The SMILES string of the molecule is [C-]#[N+]c1ccc(C#N)cc1N(c1ccccc1)c1ccccc1. The number of hydrogen-bond acceptors (Lipinski definition) is 2. The maximum Gasteiger partial charge on any atom is 0.210 e. The van der Waals surface area contributed by atoms with Crippen LogP contribution in [0.5, 0.6) is 0 Å². The normalized spacial score (nSPS) is 9.65. The summed E-state index contributed by atoms with van der Waals surface area (Å²) in [7, 11) is 0. The van der Waals surface area contributed by atoms with Gasteiger partial charge in [0.25, 0.3) is 0 Å². The molecule has 0 spiro atoms. The van der Waals surface area contributed by atoms with Crippen molar-refractivity contribution >= 4 is 22.7 Å². The fraction of sp³-hybridized carbons (Fsp3) is 0. The molecule has 3 aromatic carbocycles. The third-order valence-electron chi connectivity index (χ3n) is 3.49. The first-order valence-electron chi connectivity index (χ1n) is 7.15. The van der Waals surface area contributed by atoms with Crippen molar-refractivity contribution in [3.8, 4) is 6.07 Å². The average molecular weight is 295 g/mol. The van der Waals surface area contributed by atoms with E-state index in [1.165, 1.54) is 0 Å². The lowest BCUT2D eigenvalue weighted by atomic mass is 10.1. The molecule has 0 saturated carbocycles. The predicted molar refractivity (Wildman–Crippen MR) is 92.1 cm³/mol. The number of nitriles is 1. The summed E-state index contributed by atoms with van der Waals surface area (Å²) >= 11 is 0. The lowest BCUT2D eigenvalue weighted by Gasteiger charge is -2.26. The van der Waals surface area contributed by atoms with E-state index in [1.54, 1.807) is 18.2 Å². The summed E-state index contributed by atoms with van der Waals surface area (Å²) in [4.78, 5) is 5.61. The lowest BCUT2D eigenvalue weighted by molar-refractivity contribution is 1.28. The van der Waals surface area contributed by atoms with Crippen molar-refractivity contribution < 1.29 is 0 Å². The molecule has 0 saturated heterocycles. The topological polar surface area (TPSA) is 31.4 Å². The van der Waals surface area contributed by atoms with Crippen LogP contribution < -0.4 is 4.90 Å². The Hall–Kier alpha value is -3.56. The van der Waals surface area contributed by atoms with Gasteiger partial charge in [-0.15, -0.1) is 0 Å². The summed E-state index contributed by atoms with van der Waals surface area (Å²) in [6.45, 7) is 7.45. The van der Waals surface area contributed by atoms with Crippen LogP contribution in [0.4, 0.5) is 22.7 Å². The molecule has 0 amide bonds. The number of para-hydroxylation sites is 2. The Bertz CT molecular complexity index is 848. The van der Waals surface area contributed by atoms with E-state index in [2.05, 4.69) is 10.9 Å². The maximum absolute atomic E-state index is 9.20. The van der Waals surface area contributed by atoms with Crippen molar-refractivity contribution in [1.82, 2.24) is 0 Å². The molecule has 0 aliphatic carbocycles. The van der Waals surface area contributed by atoms with E-state index in [4.69, 9.17) is 6.57 Å². The minimum absolute atomic E-state index is 0.511. The quantitative estimate of drug-likeness (QED) is 0.591. The van der Waals surface area contributed by atoms with Crippen LogP contribution in [0.1, 0.15) is 5.56 Å². The summed E-state index contributed by atoms with van der Waals surface area (Å²) in [5.41, 5.74) is 3.63. The Labute approximate surface area is 135 Å². The van der Waals surface area contributed by atoms with Gasteiger partial charge in [-0.25, -0.2) is 4.85 Å². The summed E-state index contributed by atoms with van der Waals surface area (Å²) in [5, 5.41) is 9.20. The average Bonchev–Trinajstić information content (AvgIpc) is 2.63. The minimum atomic E-state index is 0.511. The van der Waals surface area contributed by atoms with E-state index in [-0.39, 0.29) is 0 Å². The molecule has 0 atom stereocenters. The van der Waals surface area contributed by atoms with Crippen LogP contribution in [0.2, 0.25) is 0 Å². The highest BCUT2D eigenvalue weighted by Crippen LogP contribution is 2.40. The first-order chi connectivity index (χ1) is 11.3. The lowest BCUT2D eigenvalue weighted by Crippen LogP contribution is -2.10. The van der Waals surface area contributed by atoms with Crippen molar-refractivity contribution in [2.24, 2.45) is 0 Å². The van der Waals surface area contributed by atoms with Crippen molar-refractivity contribution in [3.05, 3.63) is 95.8 Å². The van der Waals surface area contributed by atoms with E-state index in [9.17, 15) is 5.26 Å². The Morgan fingerprint density at radius 1 is 0.826 bits per heavy atom. The highest BCUT2D eigenvalue weighted by Gasteiger charge is 2.16. The molecule has 0 aromatic heterocycles. The molecule has 3 aromatic rings. The van der Waals surface area contributed by atoms with Gasteiger partial charge in [-0.2, -0.15) is 5.26 Å². The maximum atomic E-state index is 9.20. The van der Waals surface area contributed by atoms with Crippen LogP contribution in [-0.2, 0) is 0 Å². The highest BCUT2D eigenvalue weighted by molar-refractivity contribution is 5.85. The van der Waals surface area contributed by atoms with Gasteiger partial charge < -0.3 is 4.90 Å².